The third-order valence-electron chi connectivity index (χ3n) is 5.89. The summed E-state index contributed by atoms with van der Waals surface area (Å²) >= 11 is 1.36. The van der Waals surface area contributed by atoms with Gasteiger partial charge < -0.3 is 5.32 Å². The van der Waals surface area contributed by atoms with E-state index in [1.54, 1.807) is 48.0 Å². The molecule has 35 heavy (non-hydrogen) atoms. The fraction of sp³-hybridized carbons (Fsp3) is 0.346. The smallest absolute Gasteiger partial charge is 0.257 e. The van der Waals surface area contributed by atoms with E-state index in [0.717, 1.165) is 43.2 Å². The maximum atomic E-state index is 12.8. The summed E-state index contributed by atoms with van der Waals surface area (Å²) in [5.41, 5.74) is 2.78. The van der Waals surface area contributed by atoms with Gasteiger partial charge in [0.25, 0.3) is 5.91 Å². The molecule has 7 nitrogen and oxygen atoms in total. The van der Waals surface area contributed by atoms with Crippen LogP contribution in [0.3, 0.4) is 0 Å². The van der Waals surface area contributed by atoms with Crippen LogP contribution in [0.25, 0.3) is 0 Å². The van der Waals surface area contributed by atoms with Gasteiger partial charge in [0.05, 0.1) is 17.1 Å². The number of rotatable bonds is 11. The number of carbonyl (C=O) groups excluding carboxylic acids is 2. The number of anilines is 2. The van der Waals surface area contributed by atoms with Gasteiger partial charge in [-0.2, -0.15) is 0 Å². The van der Waals surface area contributed by atoms with Gasteiger partial charge >= 0.3 is 0 Å². The number of aryl methyl sites for hydroxylation is 1. The molecule has 184 valence electrons. The van der Waals surface area contributed by atoms with Gasteiger partial charge in [-0.3, -0.25) is 14.9 Å². The van der Waals surface area contributed by atoms with Crippen LogP contribution in [0.1, 0.15) is 54.1 Å². The predicted octanol–water partition coefficient (Wildman–Crippen LogP) is 5.10. The first-order valence-corrected chi connectivity index (χ1v) is 14.3. The summed E-state index contributed by atoms with van der Waals surface area (Å²) in [5, 5.41) is 8.05. The Bertz CT molecular complexity index is 1280. The van der Waals surface area contributed by atoms with Gasteiger partial charge in [0.1, 0.15) is 0 Å². The number of hydrogen-bond donors (Lipinski definition) is 2. The lowest BCUT2D eigenvalue weighted by Crippen LogP contribution is -2.17. The summed E-state index contributed by atoms with van der Waals surface area (Å²) in [4.78, 5) is 29.8. The highest BCUT2D eigenvalue weighted by Crippen LogP contribution is 2.32. The van der Waals surface area contributed by atoms with Crippen molar-refractivity contribution in [3.8, 4) is 0 Å². The molecule has 0 spiro atoms. The highest BCUT2D eigenvalue weighted by molar-refractivity contribution is 7.91. The van der Waals surface area contributed by atoms with Gasteiger partial charge in [-0.15, -0.1) is 11.3 Å². The van der Waals surface area contributed by atoms with Crippen molar-refractivity contribution in [2.45, 2.75) is 50.3 Å². The SMILES string of the molecule is CCCCc1cc(NC(=O)Cc2ccc(S(=O)(=O)CC3CC3)cc2)ccc1C(=O)Nc1nccs1. The van der Waals surface area contributed by atoms with Crippen molar-refractivity contribution in [1.29, 1.82) is 0 Å². The Labute approximate surface area is 209 Å². The molecule has 0 saturated heterocycles. The van der Waals surface area contributed by atoms with Crippen LogP contribution in [0.4, 0.5) is 10.8 Å². The fourth-order valence-electron chi connectivity index (χ4n) is 3.81. The molecule has 0 atom stereocenters. The highest BCUT2D eigenvalue weighted by Gasteiger charge is 2.29. The molecule has 1 aliphatic rings. The topological polar surface area (TPSA) is 105 Å². The minimum atomic E-state index is -3.27. The van der Waals surface area contributed by atoms with E-state index in [9.17, 15) is 18.0 Å². The zero-order valence-corrected chi connectivity index (χ0v) is 21.3. The molecule has 3 aromatic rings. The first kappa shape index (κ1) is 25.1. The average Bonchev–Trinajstić information content (AvgIpc) is 3.48. The molecular formula is C26H29N3O4S2. The summed E-state index contributed by atoms with van der Waals surface area (Å²) in [6.45, 7) is 2.09. The van der Waals surface area contributed by atoms with Crippen LogP contribution < -0.4 is 10.6 Å². The van der Waals surface area contributed by atoms with Crippen LogP contribution in [0.2, 0.25) is 0 Å². The van der Waals surface area contributed by atoms with Crippen molar-refractivity contribution in [2.24, 2.45) is 5.92 Å². The zero-order chi connectivity index (χ0) is 24.8. The van der Waals surface area contributed by atoms with E-state index >= 15 is 0 Å². The van der Waals surface area contributed by atoms with Crippen LogP contribution in [-0.2, 0) is 27.5 Å². The van der Waals surface area contributed by atoms with E-state index in [2.05, 4.69) is 22.5 Å². The van der Waals surface area contributed by atoms with Crippen molar-refractivity contribution in [2.75, 3.05) is 16.4 Å². The molecule has 4 rings (SSSR count). The second-order valence-corrected chi connectivity index (χ2v) is 11.8. The van der Waals surface area contributed by atoms with Gasteiger partial charge in [-0.1, -0.05) is 25.5 Å². The molecule has 9 heteroatoms. The third-order valence-corrected chi connectivity index (χ3v) is 8.47. The highest BCUT2D eigenvalue weighted by atomic mass is 32.2. The molecule has 0 bridgehead atoms. The molecule has 1 aliphatic carbocycles. The number of benzene rings is 2. The van der Waals surface area contributed by atoms with Gasteiger partial charge in [0, 0.05) is 22.8 Å². The van der Waals surface area contributed by atoms with Crippen molar-refractivity contribution in [3.63, 3.8) is 0 Å². The van der Waals surface area contributed by atoms with Crippen LogP contribution in [-0.4, -0.2) is 31.0 Å². The van der Waals surface area contributed by atoms with Gasteiger partial charge in [0.2, 0.25) is 5.91 Å². The number of sulfone groups is 1. The molecular weight excluding hydrogens is 482 g/mol. The number of aromatic nitrogens is 1. The van der Waals surface area contributed by atoms with Gasteiger partial charge in [0.15, 0.2) is 15.0 Å². The number of amides is 2. The zero-order valence-electron chi connectivity index (χ0n) is 19.6. The van der Waals surface area contributed by atoms with Crippen molar-refractivity contribution < 1.29 is 18.0 Å². The summed E-state index contributed by atoms with van der Waals surface area (Å²) in [5.74, 6) is 0.0589. The second-order valence-electron chi connectivity index (χ2n) is 8.86. The maximum Gasteiger partial charge on any atom is 0.257 e. The fourth-order valence-corrected chi connectivity index (χ4v) is 6.03. The molecule has 0 unspecified atom stereocenters. The molecule has 2 aromatic carbocycles. The normalized spacial score (nSPS) is 13.4. The minimum Gasteiger partial charge on any atom is -0.326 e. The van der Waals surface area contributed by atoms with Crippen LogP contribution in [0, 0.1) is 5.92 Å². The van der Waals surface area contributed by atoms with Crippen LogP contribution in [0.15, 0.2) is 58.9 Å². The average molecular weight is 512 g/mol. The standard InChI is InChI=1S/C26H29N3O4S2/c1-2-3-4-20-16-21(9-12-23(20)25(31)29-26-27-13-14-34-26)28-24(30)15-18-7-10-22(11-8-18)35(32,33)17-19-5-6-19/h7-14,16,19H,2-6,15,17H2,1H3,(H,28,30)(H,27,29,31). The molecule has 0 radical (unpaired) electrons. The molecule has 1 aromatic heterocycles. The number of unbranched alkanes of at least 4 members (excludes halogenated alkanes) is 1. The summed E-state index contributed by atoms with van der Waals surface area (Å²) < 4.78 is 24.8. The number of carbonyl (C=O) groups is 2. The number of nitrogens with zero attached hydrogens (tertiary/aromatic N) is 1. The minimum absolute atomic E-state index is 0.125. The summed E-state index contributed by atoms with van der Waals surface area (Å²) in [7, 11) is -3.27. The van der Waals surface area contributed by atoms with Gasteiger partial charge in [-0.25, -0.2) is 13.4 Å². The predicted molar refractivity (Wildman–Crippen MR) is 139 cm³/mol. The van der Waals surface area contributed by atoms with Gasteiger partial charge in [-0.05, 0) is 73.1 Å². The van der Waals surface area contributed by atoms with Crippen LogP contribution in [0.5, 0.6) is 0 Å². The second kappa shape index (κ2) is 11.1. The number of thiazole rings is 1. The lowest BCUT2D eigenvalue weighted by Gasteiger charge is -2.12. The molecule has 1 heterocycles. The monoisotopic (exact) mass is 511 g/mol. The number of hydrogen-bond acceptors (Lipinski definition) is 6. The van der Waals surface area contributed by atoms with E-state index < -0.39 is 9.84 Å². The molecule has 0 aliphatic heterocycles. The molecule has 2 amide bonds. The van der Waals surface area contributed by atoms with Crippen molar-refractivity contribution >= 4 is 43.8 Å². The molecule has 1 saturated carbocycles. The Morgan fingerprint density at radius 1 is 1.09 bits per heavy atom. The first-order valence-electron chi connectivity index (χ1n) is 11.8. The van der Waals surface area contributed by atoms with Crippen LogP contribution >= 0.6 is 11.3 Å². The summed E-state index contributed by atoms with van der Waals surface area (Å²) in [6.07, 6.45) is 6.35. The molecule has 1 fully saturated rings. The van der Waals surface area contributed by atoms with E-state index in [4.69, 9.17) is 0 Å². The third kappa shape index (κ3) is 6.99. The Hall–Kier alpha value is -3.04. The maximum absolute atomic E-state index is 12.8. The van der Waals surface area contributed by atoms with E-state index in [-0.39, 0.29) is 29.9 Å². The Morgan fingerprint density at radius 3 is 2.51 bits per heavy atom. The lowest BCUT2D eigenvalue weighted by atomic mass is 10.0. The van der Waals surface area contributed by atoms with E-state index in [1.165, 1.54) is 11.3 Å². The van der Waals surface area contributed by atoms with Crippen molar-refractivity contribution in [3.05, 3.63) is 70.7 Å². The van der Waals surface area contributed by atoms with Crippen molar-refractivity contribution in [1.82, 2.24) is 4.98 Å². The Kier molecular flexibility index (Phi) is 7.97. The number of nitrogens with one attached hydrogen (secondary N) is 2. The first-order chi connectivity index (χ1) is 16.8. The summed E-state index contributed by atoms with van der Waals surface area (Å²) in [6, 6.07) is 11.8. The largest absolute Gasteiger partial charge is 0.326 e. The van der Waals surface area contributed by atoms with E-state index in [1.807, 2.05) is 6.07 Å². The Morgan fingerprint density at radius 2 is 1.86 bits per heavy atom. The lowest BCUT2D eigenvalue weighted by molar-refractivity contribution is -0.115. The molecule has 2 N–H and O–H groups in total. The van der Waals surface area contributed by atoms with E-state index in [0.29, 0.717) is 21.3 Å². The quantitative estimate of drug-likeness (QED) is 0.372. The Balaban J connectivity index is 1.41.